The minimum absolute atomic E-state index is 0.143. The summed E-state index contributed by atoms with van der Waals surface area (Å²) in [4.78, 5) is 37.9. The van der Waals surface area contributed by atoms with E-state index in [2.05, 4.69) is 130 Å². The summed E-state index contributed by atoms with van der Waals surface area (Å²) in [6.07, 6.45) is 74.2. The molecule has 0 fully saturated rings. The molecule has 1 atom stereocenters. The van der Waals surface area contributed by atoms with Gasteiger partial charge in [0.05, 0.1) is 0 Å². The molecule has 0 aromatic rings. The Balaban J connectivity index is 4.65. The van der Waals surface area contributed by atoms with Crippen LogP contribution in [0.5, 0.6) is 0 Å². The van der Waals surface area contributed by atoms with E-state index in [0.29, 0.717) is 19.3 Å². The van der Waals surface area contributed by atoms with Crippen molar-refractivity contribution in [2.45, 2.75) is 194 Å². The number of carbonyl (C=O) groups is 3. The van der Waals surface area contributed by atoms with E-state index < -0.39 is 12.1 Å². The van der Waals surface area contributed by atoms with Crippen molar-refractivity contribution in [3.8, 4) is 0 Å². The molecule has 0 bridgehead atoms. The van der Waals surface area contributed by atoms with Crippen LogP contribution in [0.1, 0.15) is 188 Å². The molecule has 0 aromatic heterocycles. The van der Waals surface area contributed by atoms with E-state index in [9.17, 15) is 14.4 Å². The average molecular weight is 895 g/mol. The lowest BCUT2D eigenvalue weighted by molar-refractivity contribution is -0.167. The molecule has 362 valence electrons. The van der Waals surface area contributed by atoms with Gasteiger partial charge in [-0.3, -0.25) is 14.4 Å². The maximum absolute atomic E-state index is 12.8. The van der Waals surface area contributed by atoms with Crippen LogP contribution in [0.4, 0.5) is 0 Å². The third-order valence-corrected chi connectivity index (χ3v) is 9.90. The fourth-order valence-corrected chi connectivity index (χ4v) is 6.15. The van der Waals surface area contributed by atoms with Gasteiger partial charge in [-0.05, 0) is 109 Å². The smallest absolute Gasteiger partial charge is 0.306 e. The molecular formula is C59H90O6. The SMILES string of the molecule is CC\C=C/C=C\C=C/C=C\CCCCCC(=O)OCC(COC(=O)CCC/C=C\C/C=C\C/C=C\C/C=C\C/C=C\CC)OC(=O)CCC/C=C\C/C=C\C/C=C\CCCCCCCC. The van der Waals surface area contributed by atoms with Crippen LogP contribution in [0.25, 0.3) is 0 Å². The lowest BCUT2D eigenvalue weighted by Gasteiger charge is -2.18. The van der Waals surface area contributed by atoms with Gasteiger partial charge in [-0.1, -0.05) is 205 Å². The standard InChI is InChI=1S/C59H90O6/c1-4-7-10-13-16-19-22-25-27-29-31-34-37-40-43-46-49-52-58(61)64-55-56(54-63-57(60)51-48-45-42-39-36-33-24-21-18-15-12-9-6-3)65-59(62)53-50-47-44-41-38-35-32-30-28-26-23-20-17-14-11-8-5-2/h7,9-10,12,15-16,18-19,21,24-28,31-36,40-41,43-44,56H,4-6,8,11,13-14,17,20,22-23,29-30,37-39,42,45-55H2,1-3H3/b10-7-,12-9-,18-15-,19-16-,24-21-,27-25-,28-26-,34-31-,35-32-,36-33-,43-40-,44-41-. The highest BCUT2D eigenvalue weighted by Crippen LogP contribution is 2.10. The molecule has 0 aromatic carbocycles. The Morgan fingerprint density at radius 3 is 1.18 bits per heavy atom. The highest BCUT2D eigenvalue weighted by molar-refractivity contribution is 5.71. The average Bonchev–Trinajstić information content (AvgIpc) is 3.30. The first-order valence-corrected chi connectivity index (χ1v) is 25.4. The summed E-state index contributed by atoms with van der Waals surface area (Å²) in [7, 11) is 0. The second-order valence-electron chi connectivity index (χ2n) is 16.0. The van der Waals surface area contributed by atoms with Gasteiger partial charge >= 0.3 is 17.9 Å². The molecule has 0 amide bonds. The third kappa shape index (κ3) is 50.2. The van der Waals surface area contributed by atoms with Crippen molar-refractivity contribution in [1.29, 1.82) is 0 Å². The quantitative estimate of drug-likeness (QED) is 0.0199. The first-order valence-electron chi connectivity index (χ1n) is 25.4. The van der Waals surface area contributed by atoms with Gasteiger partial charge in [-0.15, -0.1) is 0 Å². The summed E-state index contributed by atoms with van der Waals surface area (Å²) < 4.78 is 16.6. The first-order chi connectivity index (χ1) is 32.0. The van der Waals surface area contributed by atoms with Gasteiger partial charge in [-0.2, -0.15) is 0 Å². The first kappa shape index (κ1) is 60.3. The Morgan fingerprint density at radius 1 is 0.338 bits per heavy atom. The Hall–Kier alpha value is -4.71. The maximum atomic E-state index is 12.8. The fourth-order valence-electron chi connectivity index (χ4n) is 6.15. The van der Waals surface area contributed by atoms with Crippen LogP contribution in [-0.2, 0) is 28.6 Å². The molecular weight excluding hydrogens is 805 g/mol. The maximum Gasteiger partial charge on any atom is 0.306 e. The largest absolute Gasteiger partial charge is 0.462 e. The van der Waals surface area contributed by atoms with Gasteiger partial charge in [0, 0.05) is 19.3 Å². The fraction of sp³-hybridized carbons (Fsp3) is 0.542. The summed E-state index contributed by atoms with van der Waals surface area (Å²) in [5.41, 5.74) is 0. The van der Waals surface area contributed by atoms with Gasteiger partial charge < -0.3 is 14.2 Å². The number of esters is 3. The minimum atomic E-state index is -0.849. The number of rotatable bonds is 43. The van der Waals surface area contributed by atoms with Gasteiger partial charge in [0.1, 0.15) is 13.2 Å². The van der Waals surface area contributed by atoms with Gasteiger partial charge in [-0.25, -0.2) is 0 Å². The van der Waals surface area contributed by atoms with Gasteiger partial charge in [0.2, 0.25) is 0 Å². The van der Waals surface area contributed by atoms with E-state index in [4.69, 9.17) is 14.2 Å². The third-order valence-electron chi connectivity index (χ3n) is 9.90. The Bertz CT molecular complexity index is 1490. The molecule has 0 N–H and O–H groups in total. The molecule has 1 unspecified atom stereocenters. The van der Waals surface area contributed by atoms with Crippen molar-refractivity contribution in [2.24, 2.45) is 0 Å². The lowest BCUT2D eigenvalue weighted by atomic mass is 10.1. The number of hydrogen-bond acceptors (Lipinski definition) is 6. The summed E-state index contributed by atoms with van der Waals surface area (Å²) in [6, 6.07) is 0. The zero-order valence-corrected chi connectivity index (χ0v) is 41.2. The highest BCUT2D eigenvalue weighted by atomic mass is 16.6. The Kier molecular flexibility index (Phi) is 48.2. The molecule has 6 nitrogen and oxygen atoms in total. The van der Waals surface area contributed by atoms with E-state index in [1.54, 1.807) is 0 Å². The molecule has 0 saturated carbocycles. The number of unbranched alkanes of at least 4 members (excludes halogenated alkanes) is 11. The van der Waals surface area contributed by atoms with E-state index in [1.165, 1.54) is 44.9 Å². The summed E-state index contributed by atoms with van der Waals surface area (Å²) in [5, 5.41) is 0. The Labute approximate surface area is 397 Å². The second kappa shape index (κ2) is 51.9. The van der Waals surface area contributed by atoms with E-state index in [0.717, 1.165) is 83.5 Å². The van der Waals surface area contributed by atoms with E-state index in [1.807, 2.05) is 36.5 Å². The van der Waals surface area contributed by atoms with Crippen molar-refractivity contribution in [3.63, 3.8) is 0 Å². The van der Waals surface area contributed by atoms with Crippen LogP contribution in [0.2, 0.25) is 0 Å². The van der Waals surface area contributed by atoms with Crippen LogP contribution < -0.4 is 0 Å². The number of hydrogen-bond donors (Lipinski definition) is 0. The summed E-state index contributed by atoms with van der Waals surface area (Å²) in [6.45, 7) is 6.22. The molecule has 0 saturated heterocycles. The number of ether oxygens (including phenoxy) is 3. The van der Waals surface area contributed by atoms with Crippen LogP contribution in [0.3, 0.4) is 0 Å². The normalized spacial score (nSPS) is 13.3. The summed E-state index contributed by atoms with van der Waals surface area (Å²) in [5.74, 6) is -1.10. The summed E-state index contributed by atoms with van der Waals surface area (Å²) >= 11 is 0. The molecule has 6 heteroatoms. The molecule has 0 aliphatic rings. The number of allylic oxidation sites excluding steroid dienone is 24. The molecule has 0 radical (unpaired) electrons. The molecule has 0 spiro atoms. The van der Waals surface area contributed by atoms with Crippen molar-refractivity contribution in [2.75, 3.05) is 13.2 Å². The van der Waals surface area contributed by atoms with Crippen LogP contribution in [0, 0.1) is 0 Å². The zero-order chi connectivity index (χ0) is 47.2. The monoisotopic (exact) mass is 895 g/mol. The molecule has 0 aliphatic heterocycles. The van der Waals surface area contributed by atoms with Crippen molar-refractivity contribution in [3.05, 3.63) is 146 Å². The van der Waals surface area contributed by atoms with Gasteiger partial charge in [0.25, 0.3) is 0 Å². The van der Waals surface area contributed by atoms with Crippen LogP contribution >= 0.6 is 0 Å². The van der Waals surface area contributed by atoms with Crippen molar-refractivity contribution in [1.82, 2.24) is 0 Å². The molecule has 65 heavy (non-hydrogen) atoms. The lowest BCUT2D eigenvalue weighted by Crippen LogP contribution is -2.30. The predicted octanol–water partition coefficient (Wildman–Crippen LogP) is 16.9. The predicted molar refractivity (Wildman–Crippen MR) is 279 cm³/mol. The van der Waals surface area contributed by atoms with Crippen molar-refractivity contribution < 1.29 is 28.6 Å². The Morgan fingerprint density at radius 2 is 0.692 bits per heavy atom. The van der Waals surface area contributed by atoms with E-state index >= 15 is 0 Å². The minimum Gasteiger partial charge on any atom is -0.462 e. The number of carbonyl (C=O) groups excluding carboxylic acids is 3. The van der Waals surface area contributed by atoms with Crippen molar-refractivity contribution >= 4 is 17.9 Å². The van der Waals surface area contributed by atoms with E-state index in [-0.39, 0.29) is 44.4 Å². The van der Waals surface area contributed by atoms with Crippen LogP contribution in [0.15, 0.2) is 146 Å². The zero-order valence-electron chi connectivity index (χ0n) is 41.2. The van der Waals surface area contributed by atoms with Crippen LogP contribution in [-0.4, -0.2) is 37.2 Å². The highest BCUT2D eigenvalue weighted by Gasteiger charge is 2.19. The van der Waals surface area contributed by atoms with Gasteiger partial charge in [0.15, 0.2) is 6.10 Å². The topological polar surface area (TPSA) is 78.9 Å². The second-order valence-corrected chi connectivity index (χ2v) is 16.0. The molecule has 0 heterocycles. The molecule has 0 aliphatic carbocycles. The molecule has 0 rings (SSSR count).